The number of hydrogen-bond acceptors (Lipinski definition) is 4. The highest BCUT2D eigenvalue weighted by Gasteiger charge is 2.20. The van der Waals surface area contributed by atoms with E-state index in [1.165, 1.54) is 12.1 Å². The van der Waals surface area contributed by atoms with Crippen molar-refractivity contribution in [2.24, 2.45) is 0 Å². The standard InChI is InChI=1S/C21H26FNO4/c1-5-25-18-12-16(13-19(26-6-2)20(18)27-7-3)21(24)23(4)14-15-8-10-17(22)11-9-15/h8-13H,5-7,14H2,1-4H3. The van der Waals surface area contributed by atoms with Crippen LogP contribution in [0.15, 0.2) is 36.4 Å². The first-order valence-electron chi connectivity index (χ1n) is 9.06. The van der Waals surface area contributed by atoms with Crippen LogP contribution < -0.4 is 14.2 Å². The molecule has 0 unspecified atom stereocenters. The third-order valence-corrected chi connectivity index (χ3v) is 3.84. The molecule has 2 aromatic rings. The molecule has 2 rings (SSSR count). The van der Waals surface area contributed by atoms with Crippen LogP contribution in [0.2, 0.25) is 0 Å². The number of carbonyl (C=O) groups is 1. The highest BCUT2D eigenvalue weighted by atomic mass is 19.1. The zero-order valence-electron chi connectivity index (χ0n) is 16.3. The highest BCUT2D eigenvalue weighted by molar-refractivity contribution is 5.95. The molecule has 0 spiro atoms. The average Bonchev–Trinajstić information content (AvgIpc) is 2.65. The monoisotopic (exact) mass is 375 g/mol. The van der Waals surface area contributed by atoms with E-state index in [1.807, 2.05) is 20.8 Å². The lowest BCUT2D eigenvalue weighted by molar-refractivity contribution is 0.0784. The van der Waals surface area contributed by atoms with Gasteiger partial charge in [0.25, 0.3) is 5.91 Å². The SMILES string of the molecule is CCOc1cc(C(=O)N(C)Cc2ccc(F)cc2)cc(OCC)c1OCC. The van der Waals surface area contributed by atoms with Gasteiger partial charge in [0.05, 0.1) is 19.8 Å². The number of carbonyl (C=O) groups excluding carboxylic acids is 1. The first-order chi connectivity index (χ1) is 13.0. The minimum Gasteiger partial charge on any atom is -0.490 e. The second-order valence-corrected chi connectivity index (χ2v) is 5.89. The number of hydrogen-bond donors (Lipinski definition) is 0. The van der Waals surface area contributed by atoms with Crippen molar-refractivity contribution in [3.63, 3.8) is 0 Å². The Balaban J connectivity index is 2.31. The van der Waals surface area contributed by atoms with Gasteiger partial charge in [0.15, 0.2) is 11.5 Å². The molecule has 0 fully saturated rings. The van der Waals surface area contributed by atoms with Crippen molar-refractivity contribution in [2.45, 2.75) is 27.3 Å². The van der Waals surface area contributed by atoms with E-state index in [-0.39, 0.29) is 11.7 Å². The lowest BCUT2D eigenvalue weighted by Crippen LogP contribution is -2.26. The maximum Gasteiger partial charge on any atom is 0.254 e. The molecule has 0 aromatic heterocycles. The molecule has 5 nitrogen and oxygen atoms in total. The Morgan fingerprint density at radius 2 is 1.44 bits per heavy atom. The third kappa shape index (κ3) is 5.36. The zero-order valence-corrected chi connectivity index (χ0v) is 16.3. The van der Waals surface area contributed by atoms with Crippen LogP contribution in [-0.2, 0) is 6.54 Å². The second kappa shape index (κ2) is 9.80. The lowest BCUT2D eigenvalue weighted by Gasteiger charge is -2.20. The van der Waals surface area contributed by atoms with Crippen molar-refractivity contribution in [2.75, 3.05) is 26.9 Å². The van der Waals surface area contributed by atoms with Crippen LogP contribution in [0.4, 0.5) is 4.39 Å². The molecule has 2 aromatic carbocycles. The molecule has 1 amide bonds. The summed E-state index contributed by atoms with van der Waals surface area (Å²) in [6, 6.07) is 9.42. The van der Waals surface area contributed by atoms with Gasteiger partial charge in [-0.1, -0.05) is 12.1 Å². The highest BCUT2D eigenvalue weighted by Crippen LogP contribution is 2.39. The second-order valence-electron chi connectivity index (χ2n) is 5.89. The summed E-state index contributed by atoms with van der Waals surface area (Å²) in [6.45, 7) is 7.30. The maximum absolute atomic E-state index is 13.1. The molecule has 0 saturated heterocycles. The van der Waals surface area contributed by atoms with Gasteiger partial charge in [-0.2, -0.15) is 0 Å². The molecular formula is C21H26FNO4. The van der Waals surface area contributed by atoms with Gasteiger partial charge in [-0.15, -0.1) is 0 Å². The van der Waals surface area contributed by atoms with E-state index in [4.69, 9.17) is 14.2 Å². The quantitative estimate of drug-likeness (QED) is 0.656. The van der Waals surface area contributed by atoms with E-state index in [2.05, 4.69) is 0 Å². The molecule has 6 heteroatoms. The number of halogens is 1. The summed E-state index contributed by atoms with van der Waals surface area (Å²) in [5.41, 5.74) is 1.28. The summed E-state index contributed by atoms with van der Waals surface area (Å²) in [5, 5.41) is 0. The maximum atomic E-state index is 13.1. The topological polar surface area (TPSA) is 48.0 Å². The zero-order chi connectivity index (χ0) is 19.8. The minimum atomic E-state index is -0.304. The average molecular weight is 375 g/mol. The molecule has 0 aliphatic heterocycles. The smallest absolute Gasteiger partial charge is 0.254 e. The molecule has 27 heavy (non-hydrogen) atoms. The summed E-state index contributed by atoms with van der Waals surface area (Å²) in [4.78, 5) is 14.5. The largest absolute Gasteiger partial charge is 0.490 e. The summed E-state index contributed by atoms with van der Waals surface area (Å²) in [5.74, 6) is 0.956. The van der Waals surface area contributed by atoms with Crippen molar-refractivity contribution in [1.82, 2.24) is 4.90 Å². The van der Waals surface area contributed by atoms with E-state index in [1.54, 1.807) is 36.2 Å². The van der Waals surface area contributed by atoms with Crippen LogP contribution in [0.5, 0.6) is 17.2 Å². The van der Waals surface area contributed by atoms with Crippen LogP contribution in [0, 0.1) is 5.82 Å². The minimum absolute atomic E-state index is 0.190. The van der Waals surface area contributed by atoms with Crippen molar-refractivity contribution < 1.29 is 23.4 Å². The number of amides is 1. The molecule has 0 saturated carbocycles. The summed E-state index contributed by atoms with van der Waals surface area (Å²) < 4.78 is 30.0. The van der Waals surface area contributed by atoms with Crippen molar-refractivity contribution >= 4 is 5.91 Å². The van der Waals surface area contributed by atoms with Gasteiger partial charge in [0, 0.05) is 19.2 Å². The number of rotatable bonds is 9. The first kappa shape index (κ1) is 20.6. The van der Waals surface area contributed by atoms with Crippen molar-refractivity contribution in [3.05, 3.63) is 53.3 Å². The fourth-order valence-electron chi connectivity index (χ4n) is 2.67. The van der Waals surface area contributed by atoms with E-state index in [9.17, 15) is 9.18 Å². The molecule has 0 heterocycles. The van der Waals surface area contributed by atoms with Gasteiger partial charge >= 0.3 is 0 Å². The Morgan fingerprint density at radius 3 is 1.93 bits per heavy atom. The van der Waals surface area contributed by atoms with Crippen molar-refractivity contribution in [1.29, 1.82) is 0 Å². The van der Waals surface area contributed by atoms with E-state index >= 15 is 0 Å². The van der Waals surface area contributed by atoms with Gasteiger partial charge in [-0.3, -0.25) is 4.79 Å². The Labute approximate surface area is 159 Å². The molecule has 0 atom stereocenters. The van der Waals surface area contributed by atoms with Crippen LogP contribution in [0.3, 0.4) is 0 Å². The molecule has 146 valence electrons. The summed E-state index contributed by atoms with van der Waals surface area (Å²) >= 11 is 0. The molecule has 0 aliphatic carbocycles. The van der Waals surface area contributed by atoms with Gasteiger partial charge < -0.3 is 19.1 Å². The van der Waals surface area contributed by atoms with E-state index < -0.39 is 0 Å². The first-order valence-corrected chi connectivity index (χ1v) is 9.06. The molecule has 0 bridgehead atoms. The number of benzene rings is 2. The van der Waals surface area contributed by atoms with E-state index in [0.29, 0.717) is 49.2 Å². The fourth-order valence-corrected chi connectivity index (χ4v) is 2.67. The lowest BCUT2D eigenvalue weighted by atomic mass is 10.1. The molecule has 0 N–H and O–H groups in total. The third-order valence-electron chi connectivity index (χ3n) is 3.84. The van der Waals surface area contributed by atoms with Crippen LogP contribution in [0.25, 0.3) is 0 Å². The molecule has 0 radical (unpaired) electrons. The number of ether oxygens (including phenoxy) is 3. The van der Waals surface area contributed by atoms with Gasteiger partial charge in [-0.25, -0.2) is 4.39 Å². The summed E-state index contributed by atoms with van der Waals surface area (Å²) in [6.07, 6.45) is 0. The normalized spacial score (nSPS) is 10.4. The van der Waals surface area contributed by atoms with Gasteiger partial charge in [0.1, 0.15) is 5.82 Å². The van der Waals surface area contributed by atoms with Crippen LogP contribution in [0.1, 0.15) is 36.7 Å². The molecule has 0 aliphatic rings. The van der Waals surface area contributed by atoms with Crippen LogP contribution in [-0.4, -0.2) is 37.7 Å². The fraction of sp³-hybridized carbons (Fsp3) is 0.381. The van der Waals surface area contributed by atoms with Crippen LogP contribution >= 0.6 is 0 Å². The summed E-state index contributed by atoms with van der Waals surface area (Å²) in [7, 11) is 1.70. The van der Waals surface area contributed by atoms with Gasteiger partial charge in [0.2, 0.25) is 5.75 Å². The molecular weight excluding hydrogens is 349 g/mol. The number of nitrogens with zero attached hydrogens (tertiary/aromatic N) is 1. The Bertz CT molecular complexity index is 734. The Hall–Kier alpha value is -2.76. The predicted molar refractivity (Wildman–Crippen MR) is 102 cm³/mol. The van der Waals surface area contributed by atoms with E-state index in [0.717, 1.165) is 5.56 Å². The Kier molecular flexibility index (Phi) is 7.46. The predicted octanol–water partition coefficient (Wildman–Crippen LogP) is 4.29. The van der Waals surface area contributed by atoms with Crippen molar-refractivity contribution in [3.8, 4) is 17.2 Å². The van der Waals surface area contributed by atoms with Gasteiger partial charge in [-0.05, 0) is 50.6 Å². The Morgan fingerprint density at radius 1 is 0.926 bits per heavy atom.